The van der Waals surface area contributed by atoms with Crippen LogP contribution >= 0.6 is 0 Å². The molecule has 1 atom stereocenters. The minimum atomic E-state index is -5.08. The molecule has 41 heavy (non-hydrogen) atoms. The minimum Gasteiger partial charge on any atom is -0.496 e. The predicted octanol–water partition coefficient (Wildman–Crippen LogP) is 6.34. The molecule has 0 N–H and O–H groups in total. The molecule has 0 unspecified atom stereocenters. The van der Waals surface area contributed by atoms with E-state index < -0.39 is 41.0 Å². The van der Waals surface area contributed by atoms with Crippen LogP contribution in [0.5, 0.6) is 5.75 Å². The predicted molar refractivity (Wildman–Crippen MR) is 140 cm³/mol. The molecule has 1 fully saturated rings. The van der Waals surface area contributed by atoms with Crippen LogP contribution in [0, 0.1) is 0 Å². The van der Waals surface area contributed by atoms with Crippen molar-refractivity contribution in [2.75, 3.05) is 26.7 Å². The summed E-state index contributed by atoms with van der Waals surface area (Å²) in [5, 5.41) is 0. The topological polar surface area (TPSA) is 49.9 Å². The quantitative estimate of drug-likeness (QED) is 0.254. The van der Waals surface area contributed by atoms with E-state index >= 15 is 0 Å². The van der Waals surface area contributed by atoms with E-state index in [0.29, 0.717) is 23.4 Å². The molecule has 0 aliphatic carbocycles. The van der Waals surface area contributed by atoms with Crippen LogP contribution < -0.4 is 4.74 Å². The van der Waals surface area contributed by atoms with Crippen molar-refractivity contribution in [1.29, 1.82) is 0 Å². The van der Waals surface area contributed by atoms with E-state index in [1.807, 2.05) is 0 Å². The fraction of sp³-hybridized carbons (Fsp3) is 0.267. The van der Waals surface area contributed by atoms with Crippen molar-refractivity contribution in [3.63, 3.8) is 0 Å². The Morgan fingerprint density at radius 3 is 2.10 bits per heavy atom. The lowest BCUT2D eigenvalue weighted by Crippen LogP contribution is -2.57. The Labute approximate surface area is 232 Å². The molecule has 1 aliphatic heterocycles. The number of carbonyl (C=O) groups excluding carboxylic acids is 2. The SMILES string of the molecule is COc1ccccc1/C=C/C(=O)N1CCN(C(=O)c2cc(C(F)(F)F)cc(C(F)(F)F)c2)[C@H](Cc2ccccc2)C1. The molecule has 1 aliphatic rings. The van der Waals surface area contributed by atoms with Gasteiger partial charge in [-0.2, -0.15) is 26.3 Å². The smallest absolute Gasteiger partial charge is 0.416 e. The average molecular weight is 577 g/mol. The van der Waals surface area contributed by atoms with Gasteiger partial charge in [0.25, 0.3) is 5.91 Å². The number of rotatable bonds is 6. The summed E-state index contributed by atoms with van der Waals surface area (Å²) in [6, 6.07) is 16.1. The van der Waals surface area contributed by atoms with Crippen molar-refractivity contribution in [2.24, 2.45) is 0 Å². The third-order valence-electron chi connectivity index (χ3n) is 6.75. The fourth-order valence-electron chi connectivity index (χ4n) is 4.70. The Hall–Kier alpha value is -4.28. The average Bonchev–Trinajstić information content (AvgIpc) is 2.95. The lowest BCUT2D eigenvalue weighted by atomic mass is 9.99. The zero-order valence-electron chi connectivity index (χ0n) is 21.9. The first kappa shape index (κ1) is 29.7. The molecular formula is C30H26F6N2O3. The third kappa shape index (κ3) is 7.27. The van der Waals surface area contributed by atoms with E-state index in [2.05, 4.69) is 0 Å². The van der Waals surface area contributed by atoms with Gasteiger partial charge in [0.1, 0.15) is 5.75 Å². The molecule has 3 aromatic carbocycles. The molecule has 0 saturated carbocycles. The lowest BCUT2D eigenvalue weighted by molar-refractivity contribution is -0.143. The molecule has 216 valence electrons. The standard InChI is InChI=1S/C30H26F6N2O3/c1-41-26-10-6-5-9-21(26)11-12-27(39)37-13-14-38(25(19-37)15-20-7-3-2-4-8-20)28(40)22-16-23(29(31,32)33)18-24(17-22)30(34,35)36/h2-12,16-18,25H,13-15,19H2,1H3/b12-11+/t25-/m1/s1. The first-order valence-corrected chi connectivity index (χ1v) is 12.6. The van der Waals surface area contributed by atoms with Crippen LogP contribution in [-0.2, 0) is 23.6 Å². The molecule has 11 heteroatoms. The van der Waals surface area contributed by atoms with E-state index in [4.69, 9.17) is 4.74 Å². The van der Waals surface area contributed by atoms with Gasteiger partial charge in [0, 0.05) is 36.8 Å². The Morgan fingerprint density at radius 2 is 1.49 bits per heavy atom. The van der Waals surface area contributed by atoms with Crippen LogP contribution in [0.2, 0.25) is 0 Å². The summed E-state index contributed by atoms with van der Waals surface area (Å²) in [5.41, 5.74) is -2.39. The Kier molecular flexibility index (Phi) is 8.74. The van der Waals surface area contributed by atoms with Gasteiger partial charge in [0.15, 0.2) is 0 Å². The van der Waals surface area contributed by atoms with Gasteiger partial charge in [0.05, 0.1) is 24.3 Å². The van der Waals surface area contributed by atoms with Crippen molar-refractivity contribution < 1.29 is 40.7 Å². The molecule has 0 radical (unpaired) electrons. The summed E-state index contributed by atoms with van der Waals surface area (Å²) in [6.07, 6.45) is -6.99. The van der Waals surface area contributed by atoms with E-state index in [-0.39, 0.29) is 38.0 Å². The van der Waals surface area contributed by atoms with Crippen molar-refractivity contribution >= 4 is 17.9 Å². The number of hydrogen-bond donors (Lipinski definition) is 0. The second kappa shape index (κ2) is 12.1. The van der Waals surface area contributed by atoms with Crippen LogP contribution in [0.4, 0.5) is 26.3 Å². The maximum Gasteiger partial charge on any atom is 0.416 e. The number of hydrogen-bond acceptors (Lipinski definition) is 3. The molecule has 5 nitrogen and oxygen atoms in total. The first-order chi connectivity index (χ1) is 19.4. The third-order valence-corrected chi connectivity index (χ3v) is 6.75. The van der Waals surface area contributed by atoms with Gasteiger partial charge in [0.2, 0.25) is 5.91 Å². The van der Waals surface area contributed by atoms with E-state index in [0.717, 1.165) is 5.56 Å². The number of alkyl halides is 6. The number of para-hydroxylation sites is 1. The second-order valence-electron chi connectivity index (χ2n) is 9.50. The summed E-state index contributed by atoms with van der Waals surface area (Å²) in [5.74, 6) is -0.771. The highest BCUT2D eigenvalue weighted by molar-refractivity contribution is 5.96. The van der Waals surface area contributed by atoms with E-state index in [1.54, 1.807) is 60.7 Å². The van der Waals surface area contributed by atoms with Gasteiger partial charge in [-0.1, -0.05) is 48.5 Å². The number of carbonyl (C=O) groups is 2. The highest BCUT2D eigenvalue weighted by Crippen LogP contribution is 2.37. The number of halogens is 6. The van der Waals surface area contributed by atoms with Gasteiger partial charge >= 0.3 is 12.4 Å². The highest BCUT2D eigenvalue weighted by Gasteiger charge is 2.39. The summed E-state index contributed by atoms with van der Waals surface area (Å²) in [7, 11) is 1.50. The molecule has 1 heterocycles. The van der Waals surface area contributed by atoms with Crippen molar-refractivity contribution in [2.45, 2.75) is 24.8 Å². The zero-order chi connectivity index (χ0) is 29.8. The van der Waals surface area contributed by atoms with Crippen molar-refractivity contribution in [3.8, 4) is 5.75 Å². The van der Waals surface area contributed by atoms with Crippen LogP contribution in [-0.4, -0.2) is 54.4 Å². The van der Waals surface area contributed by atoms with Gasteiger partial charge < -0.3 is 14.5 Å². The summed E-state index contributed by atoms with van der Waals surface area (Å²) >= 11 is 0. The van der Waals surface area contributed by atoms with Gasteiger partial charge in [-0.15, -0.1) is 0 Å². The fourth-order valence-corrected chi connectivity index (χ4v) is 4.70. The molecule has 0 spiro atoms. The molecule has 0 aromatic heterocycles. The van der Waals surface area contributed by atoms with Crippen LogP contribution in [0.15, 0.2) is 78.9 Å². The molecule has 3 aromatic rings. The second-order valence-corrected chi connectivity index (χ2v) is 9.50. The van der Waals surface area contributed by atoms with Crippen LogP contribution in [0.1, 0.15) is 32.6 Å². The van der Waals surface area contributed by atoms with Crippen molar-refractivity contribution in [3.05, 3.63) is 107 Å². The molecule has 0 bridgehead atoms. The molecule has 2 amide bonds. The molecule has 4 rings (SSSR count). The molecule has 1 saturated heterocycles. The van der Waals surface area contributed by atoms with Gasteiger partial charge in [-0.3, -0.25) is 9.59 Å². The Balaban J connectivity index is 1.63. The Morgan fingerprint density at radius 1 is 0.878 bits per heavy atom. The summed E-state index contributed by atoms with van der Waals surface area (Å²) < 4.78 is 85.9. The van der Waals surface area contributed by atoms with Crippen LogP contribution in [0.25, 0.3) is 6.08 Å². The highest BCUT2D eigenvalue weighted by atomic mass is 19.4. The van der Waals surface area contributed by atoms with Gasteiger partial charge in [-0.05, 0) is 42.3 Å². The van der Waals surface area contributed by atoms with E-state index in [9.17, 15) is 35.9 Å². The van der Waals surface area contributed by atoms with Crippen molar-refractivity contribution in [1.82, 2.24) is 9.80 Å². The van der Waals surface area contributed by atoms with E-state index in [1.165, 1.54) is 23.0 Å². The summed E-state index contributed by atoms with van der Waals surface area (Å²) in [6.45, 7) is -0.0137. The zero-order valence-corrected chi connectivity index (χ0v) is 21.9. The monoisotopic (exact) mass is 576 g/mol. The summed E-state index contributed by atoms with van der Waals surface area (Å²) in [4.78, 5) is 29.3. The minimum absolute atomic E-state index is 0.0110. The van der Waals surface area contributed by atoms with Gasteiger partial charge in [-0.25, -0.2) is 0 Å². The lowest BCUT2D eigenvalue weighted by Gasteiger charge is -2.41. The number of nitrogens with zero attached hydrogens (tertiary/aromatic N) is 2. The largest absolute Gasteiger partial charge is 0.496 e. The number of methoxy groups -OCH3 is 1. The normalized spacial score (nSPS) is 16.2. The molecular weight excluding hydrogens is 550 g/mol. The maximum absolute atomic E-state index is 13.5. The number of amides is 2. The Bertz CT molecular complexity index is 1390. The van der Waals surface area contributed by atoms with Crippen LogP contribution in [0.3, 0.4) is 0 Å². The maximum atomic E-state index is 13.5. The number of benzene rings is 3. The number of ether oxygens (including phenoxy) is 1. The first-order valence-electron chi connectivity index (χ1n) is 12.6. The number of piperazine rings is 1.